The van der Waals surface area contributed by atoms with Crippen LogP contribution in [0.25, 0.3) is 0 Å². The summed E-state index contributed by atoms with van der Waals surface area (Å²) in [7, 11) is 0. The first-order valence-corrected chi connectivity index (χ1v) is 11.0. The van der Waals surface area contributed by atoms with Crippen LogP contribution in [0.1, 0.15) is 94.4 Å². The molecule has 0 radical (unpaired) electrons. The SMILES string of the molecule is [2H]c1c(C)c(C)c(O[C@H](CCNC([2H])([2H])[2H])c2c(C)c(C)c(C)c(C)c2C)c(C(C)(C)C)c1C. The Morgan fingerprint density at radius 1 is 0.867 bits per heavy atom. The van der Waals surface area contributed by atoms with Gasteiger partial charge in [0.25, 0.3) is 0 Å². The summed E-state index contributed by atoms with van der Waals surface area (Å²) >= 11 is 0. The summed E-state index contributed by atoms with van der Waals surface area (Å²) in [5.41, 5.74) is 11.0. The van der Waals surface area contributed by atoms with Crippen LogP contribution in [0, 0.1) is 55.4 Å². The third-order valence-electron chi connectivity index (χ3n) is 6.80. The molecular formula is C28H43NO. The second-order valence-electron chi connectivity index (χ2n) is 9.81. The Morgan fingerprint density at radius 2 is 1.40 bits per heavy atom. The van der Waals surface area contributed by atoms with Gasteiger partial charge in [-0.3, -0.25) is 0 Å². The van der Waals surface area contributed by atoms with Crippen LogP contribution in [0.5, 0.6) is 5.75 Å². The summed E-state index contributed by atoms with van der Waals surface area (Å²) in [6.07, 6.45) is 0.203. The van der Waals surface area contributed by atoms with E-state index >= 15 is 0 Å². The number of ether oxygens (including phenoxy) is 1. The highest BCUT2D eigenvalue weighted by Crippen LogP contribution is 2.42. The van der Waals surface area contributed by atoms with Gasteiger partial charge >= 0.3 is 0 Å². The summed E-state index contributed by atoms with van der Waals surface area (Å²) in [6.45, 7) is 21.3. The Labute approximate surface area is 191 Å². The molecule has 0 aromatic heterocycles. The molecule has 2 aromatic carbocycles. The van der Waals surface area contributed by atoms with E-state index in [2.05, 4.69) is 60.7 Å². The fraction of sp³-hybridized carbons (Fsp3) is 0.571. The van der Waals surface area contributed by atoms with E-state index in [1.165, 1.54) is 27.8 Å². The highest BCUT2D eigenvalue weighted by atomic mass is 16.5. The van der Waals surface area contributed by atoms with Gasteiger partial charge in [0.1, 0.15) is 11.9 Å². The van der Waals surface area contributed by atoms with Crippen LogP contribution in [-0.4, -0.2) is 13.5 Å². The van der Waals surface area contributed by atoms with E-state index in [1.54, 1.807) is 0 Å². The molecule has 0 aliphatic rings. The minimum Gasteiger partial charge on any atom is -0.485 e. The standard InChI is InChI=1S/C28H43NO/c1-16-15-17(2)26(28(9,10)11)27(18(16)3)30-24(13-14-29-12)25-22(7)20(5)19(4)21(6)23(25)8/h15,24,29H,13-14H2,1-12H3/t24-/m1/s1/i12D3,15D. The molecule has 0 saturated carbocycles. The number of rotatable bonds is 6. The second-order valence-corrected chi connectivity index (χ2v) is 9.81. The van der Waals surface area contributed by atoms with E-state index in [0.717, 1.165) is 33.6 Å². The lowest BCUT2D eigenvalue weighted by Crippen LogP contribution is -2.22. The summed E-state index contributed by atoms with van der Waals surface area (Å²) in [5, 5.41) is 2.67. The maximum atomic E-state index is 8.65. The Hall–Kier alpha value is -1.80. The van der Waals surface area contributed by atoms with Crippen molar-refractivity contribution in [1.82, 2.24) is 5.32 Å². The summed E-state index contributed by atoms with van der Waals surface area (Å²) in [4.78, 5) is 0. The van der Waals surface area contributed by atoms with E-state index < -0.39 is 6.98 Å². The summed E-state index contributed by atoms with van der Waals surface area (Å²) in [6, 6.07) is 0.560. The molecule has 1 atom stereocenters. The van der Waals surface area contributed by atoms with Crippen LogP contribution in [-0.2, 0) is 5.41 Å². The zero-order valence-electron chi connectivity index (χ0n) is 24.9. The maximum absolute atomic E-state index is 8.65. The molecule has 0 heterocycles. The minimum absolute atomic E-state index is 0.210. The fourth-order valence-electron chi connectivity index (χ4n) is 4.64. The highest BCUT2D eigenvalue weighted by molar-refractivity contribution is 5.54. The Morgan fingerprint density at radius 3 is 1.90 bits per heavy atom. The molecule has 0 saturated heterocycles. The van der Waals surface area contributed by atoms with Gasteiger partial charge in [0, 0.05) is 16.1 Å². The Kier molecular flexibility index (Phi) is 5.77. The third-order valence-corrected chi connectivity index (χ3v) is 6.80. The van der Waals surface area contributed by atoms with Gasteiger partial charge in [0.05, 0.1) is 1.37 Å². The first-order valence-electron chi connectivity index (χ1n) is 13.0. The van der Waals surface area contributed by atoms with Crippen molar-refractivity contribution in [1.29, 1.82) is 0 Å². The van der Waals surface area contributed by atoms with Gasteiger partial charge in [0.2, 0.25) is 0 Å². The predicted molar refractivity (Wildman–Crippen MR) is 131 cm³/mol. The average molecular weight is 414 g/mol. The molecular weight excluding hydrogens is 366 g/mol. The molecule has 0 aliphatic carbocycles. The molecule has 1 N–H and O–H groups in total. The molecule has 2 heteroatoms. The molecule has 0 bridgehead atoms. The van der Waals surface area contributed by atoms with Crippen LogP contribution < -0.4 is 10.1 Å². The first kappa shape index (κ1) is 18.9. The van der Waals surface area contributed by atoms with Crippen molar-refractivity contribution in [3.05, 3.63) is 61.7 Å². The maximum Gasteiger partial charge on any atom is 0.127 e. The van der Waals surface area contributed by atoms with E-state index in [9.17, 15) is 0 Å². The van der Waals surface area contributed by atoms with Crippen molar-refractivity contribution in [3.63, 3.8) is 0 Å². The molecule has 2 aromatic rings. The van der Waals surface area contributed by atoms with Gasteiger partial charge in [0.15, 0.2) is 0 Å². The largest absolute Gasteiger partial charge is 0.485 e. The highest BCUT2D eigenvalue weighted by Gasteiger charge is 2.28. The summed E-state index contributed by atoms with van der Waals surface area (Å²) < 4.78 is 38.3. The molecule has 2 nitrogen and oxygen atoms in total. The smallest absolute Gasteiger partial charge is 0.127 e. The fourth-order valence-corrected chi connectivity index (χ4v) is 4.64. The Bertz CT molecular complexity index is 1050. The van der Waals surface area contributed by atoms with Crippen LogP contribution in [0.15, 0.2) is 6.04 Å². The molecule has 0 fully saturated rings. The van der Waals surface area contributed by atoms with E-state index in [-0.39, 0.29) is 11.5 Å². The van der Waals surface area contributed by atoms with Crippen LogP contribution in [0.3, 0.4) is 0 Å². The van der Waals surface area contributed by atoms with Crippen molar-refractivity contribution < 1.29 is 10.2 Å². The molecule has 0 aliphatic heterocycles. The van der Waals surface area contributed by atoms with Gasteiger partial charge < -0.3 is 10.1 Å². The zero-order valence-corrected chi connectivity index (χ0v) is 20.9. The minimum atomic E-state index is -2.19. The van der Waals surface area contributed by atoms with Gasteiger partial charge in [-0.15, -0.1) is 0 Å². The van der Waals surface area contributed by atoms with Gasteiger partial charge in [-0.25, -0.2) is 0 Å². The van der Waals surface area contributed by atoms with Crippen molar-refractivity contribution >= 4 is 0 Å². The number of nitrogens with one attached hydrogen (secondary N) is 1. The van der Waals surface area contributed by atoms with Crippen LogP contribution in [0.2, 0.25) is 0 Å². The third kappa shape index (κ3) is 4.59. The first-order chi connectivity index (χ1) is 15.4. The molecule has 166 valence electrons. The lowest BCUT2D eigenvalue weighted by Gasteiger charge is -2.32. The Balaban J connectivity index is 2.76. The monoisotopic (exact) mass is 413 g/mol. The predicted octanol–water partition coefficient (Wildman–Crippen LogP) is 7.18. The molecule has 30 heavy (non-hydrogen) atoms. The zero-order chi connectivity index (χ0) is 26.3. The lowest BCUT2D eigenvalue weighted by atomic mass is 9.81. The topological polar surface area (TPSA) is 21.3 Å². The van der Waals surface area contributed by atoms with E-state index in [0.29, 0.717) is 19.0 Å². The average Bonchev–Trinajstić information content (AvgIpc) is 2.71. The van der Waals surface area contributed by atoms with Crippen molar-refractivity contribution in [2.24, 2.45) is 0 Å². The lowest BCUT2D eigenvalue weighted by molar-refractivity contribution is 0.187. The second kappa shape index (κ2) is 9.14. The molecule has 0 amide bonds. The number of hydrogen-bond acceptors (Lipinski definition) is 2. The number of hydrogen-bond donors (Lipinski definition) is 1. The van der Waals surface area contributed by atoms with Crippen molar-refractivity contribution in [2.75, 3.05) is 13.5 Å². The van der Waals surface area contributed by atoms with Gasteiger partial charge in [-0.1, -0.05) is 26.8 Å². The van der Waals surface area contributed by atoms with E-state index in [4.69, 9.17) is 10.2 Å². The normalized spacial score (nSPS) is 15.3. The van der Waals surface area contributed by atoms with Crippen LogP contribution >= 0.6 is 0 Å². The van der Waals surface area contributed by atoms with Crippen molar-refractivity contribution in [3.8, 4) is 5.75 Å². The van der Waals surface area contributed by atoms with Gasteiger partial charge in [-0.2, -0.15) is 0 Å². The molecule has 0 unspecified atom stereocenters. The quantitative estimate of drug-likeness (QED) is 0.541. The van der Waals surface area contributed by atoms with Gasteiger partial charge in [-0.05, 0) is 124 Å². The van der Waals surface area contributed by atoms with E-state index in [1.807, 2.05) is 20.8 Å². The van der Waals surface area contributed by atoms with Crippen molar-refractivity contribution in [2.45, 2.75) is 94.1 Å². The van der Waals surface area contributed by atoms with Crippen LogP contribution in [0.4, 0.5) is 0 Å². The molecule has 2 rings (SSSR count). The summed E-state index contributed by atoms with van der Waals surface area (Å²) in [5.74, 6) is 0.826. The number of benzene rings is 2. The molecule has 0 spiro atoms.